The summed E-state index contributed by atoms with van der Waals surface area (Å²) in [6, 6.07) is 80.7. The summed E-state index contributed by atoms with van der Waals surface area (Å²) in [4.78, 5) is 2.34. The first kappa shape index (κ1) is 33.6. The van der Waals surface area contributed by atoms with Crippen molar-refractivity contribution < 1.29 is 4.42 Å². The number of para-hydroxylation sites is 1. The number of hydrogen-bond donors (Lipinski definition) is 0. The molecule has 0 N–H and O–H groups in total. The maximum absolute atomic E-state index is 6.42. The highest BCUT2D eigenvalue weighted by Gasteiger charge is 2.20. The van der Waals surface area contributed by atoms with Gasteiger partial charge in [0.2, 0.25) is 0 Å². The molecule has 0 aliphatic heterocycles. The van der Waals surface area contributed by atoms with E-state index in [1.54, 1.807) is 0 Å². The van der Waals surface area contributed by atoms with Gasteiger partial charge in [-0.05, 0) is 115 Å². The van der Waals surface area contributed by atoms with Crippen molar-refractivity contribution in [3.63, 3.8) is 0 Å². The number of benzene rings is 10. The van der Waals surface area contributed by atoms with Crippen molar-refractivity contribution in [3.8, 4) is 44.5 Å². The zero-order valence-corrected chi connectivity index (χ0v) is 31.7. The van der Waals surface area contributed by atoms with Crippen molar-refractivity contribution in [1.29, 1.82) is 0 Å². The first-order valence-corrected chi connectivity index (χ1v) is 19.8. The molecule has 2 heteroatoms. The van der Waals surface area contributed by atoms with Gasteiger partial charge in [-0.2, -0.15) is 0 Å². The van der Waals surface area contributed by atoms with Crippen LogP contribution in [-0.4, -0.2) is 0 Å². The van der Waals surface area contributed by atoms with Crippen LogP contribution < -0.4 is 4.90 Å². The van der Waals surface area contributed by atoms with Crippen LogP contribution in [0.3, 0.4) is 0 Å². The maximum Gasteiger partial charge on any atom is 0.137 e. The van der Waals surface area contributed by atoms with E-state index in [4.69, 9.17) is 4.42 Å². The smallest absolute Gasteiger partial charge is 0.137 e. The summed E-state index contributed by atoms with van der Waals surface area (Å²) in [5.41, 5.74) is 14.5. The minimum atomic E-state index is 0.866. The van der Waals surface area contributed by atoms with Gasteiger partial charge in [0.1, 0.15) is 11.2 Å². The molecule has 0 atom stereocenters. The number of furan rings is 1. The van der Waals surface area contributed by atoms with Crippen molar-refractivity contribution in [2.75, 3.05) is 4.90 Å². The van der Waals surface area contributed by atoms with E-state index in [0.717, 1.165) is 50.1 Å². The monoisotopic (exact) mass is 739 g/mol. The number of fused-ring (bicyclic) bond motifs is 6. The van der Waals surface area contributed by atoms with Crippen LogP contribution in [0.2, 0.25) is 0 Å². The molecule has 1 heterocycles. The minimum Gasteiger partial charge on any atom is -0.456 e. The van der Waals surface area contributed by atoms with E-state index >= 15 is 0 Å². The molecule has 10 aromatic carbocycles. The molecule has 0 saturated carbocycles. The third kappa shape index (κ3) is 5.82. The van der Waals surface area contributed by atoms with E-state index in [2.05, 4.69) is 217 Å². The van der Waals surface area contributed by atoms with Crippen LogP contribution in [0.1, 0.15) is 0 Å². The van der Waals surface area contributed by atoms with Crippen LogP contribution in [0, 0.1) is 0 Å². The molecule has 2 nitrogen and oxygen atoms in total. The van der Waals surface area contributed by atoms with Crippen LogP contribution >= 0.6 is 0 Å². The molecule has 0 saturated heterocycles. The average molecular weight is 740 g/mol. The van der Waals surface area contributed by atoms with E-state index < -0.39 is 0 Å². The Morgan fingerprint density at radius 1 is 0.241 bits per heavy atom. The lowest BCUT2D eigenvalue weighted by atomic mass is 9.84. The fourth-order valence-electron chi connectivity index (χ4n) is 8.74. The van der Waals surface area contributed by atoms with Gasteiger partial charge in [0.05, 0.1) is 0 Å². The highest BCUT2D eigenvalue weighted by atomic mass is 16.3. The molecule has 0 spiro atoms. The van der Waals surface area contributed by atoms with Crippen LogP contribution in [0.4, 0.5) is 17.1 Å². The first-order chi connectivity index (χ1) is 28.8. The number of rotatable bonds is 7. The Kier molecular flexibility index (Phi) is 8.19. The second kappa shape index (κ2) is 14.1. The highest BCUT2D eigenvalue weighted by molar-refractivity contribution is 6.22. The van der Waals surface area contributed by atoms with Gasteiger partial charge in [-0.1, -0.05) is 170 Å². The summed E-state index contributed by atoms with van der Waals surface area (Å²) < 4.78 is 6.42. The van der Waals surface area contributed by atoms with Gasteiger partial charge < -0.3 is 9.32 Å². The Bertz CT molecular complexity index is 3260. The minimum absolute atomic E-state index is 0.866. The van der Waals surface area contributed by atoms with E-state index in [1.807, 2.05) is 12.1 Å². The molecule has 272 valence electrons. The Hall–Kier alpha value is -7.68. The Morgan fingerprint density at radius 3 is 1.43 bits per heavy atom. The fourth-order valence-corrected chi connectivity index (χ4v) is 8.74. The molecule has 0 amide bonds. The summed E-state index contributed by atoms with van der Waals surface area (Å²) in [6.45, 7) is 0. The molecule has 11 rings (SSSR count). The summed E-state index contributed by atoms with van der Waals surface area (Å²) in [5, 5.41) is 7.22. The summed E-state index contributed by atoms with van der Waals surface area (Å²) in [5.74, 6) is 0. The second-order valence-corrected chi connectivity index (χ2v) is 14.9. The Balaban J connectivity index is 1.10. The normalized spacial score (nSPS) is 11.4. The third-order valence-electron chi connectivity index (χ3n) is 11.4. The lowest BCUT2D eigenvalue weighted by molar-refractivity contribution is 0.669. The SMILES string of the molecule is c1ccc(-c2ccc(N(c3cccc(-c4ccc5c(c4)c(-c4ccccc4)c(-c4ccccc4)c4ccccc45)c3)c3ccc4c(c3)oc3ccccc34)cc2)cc1. The van der Waals surface area contributed by atoms with Gasteiger partial charge in [0, 0.05) is 33.9 Å². The topological polar surface area (TPSA) is 16.4 Å². The lowest BCUT2D eigenvalue weighted by Gasteiger charge is -2.26. The van der Waals surface area contributed by atoms with Crippen molar-refractivity contribution >= 4 is 60.5 Å². The molecular weight excluding hydrogens is 703 g/mol. The zero-order chi connectivity index (χ0) is 38.4. The van der Waals surface area contributed by atoms with Gasteiger partial charge in [0.15, 0.2) is 0 Å². The molecule has 0 unspecified atom stereocenters. The molecule has 0 aliphatic carbocycles. The predicted molar refractivity (Wildman–Crippen MR) is 245 cm³/mol. The standard InChI is InChI=1S/C56H37NO/c1-4-15-38(16-5-1)39-27-30-44(31-28-39)57(46-32-34-50-49-24-12-13-26-53(49)58-54(50)37-46)45-22-14-21-42(35-45)43-29-33-48-47-23-10-11-25-51(47)55(40-17-6-2-7-18-40)56(52(48)36-43)41-19-8-3-9-20-41/h1-37H. The van der Waals surface area contributed by atoms with Gasteiger partial charge in [-0.15, -0.1) is 0 Å². The molecule has 11 aromatic rings. The maximum atomic E-state index is 6.42. The van der Waals surface area contributed by atoms with Crippen molar-refractivity contribution in [2.45, 2.75) is 0 Å². The lowest BCUT2D eigenvalue weighted by Crippen LogP contribution is -2.10. The van der Waals surface area contributed by atoms with Crippen LogP contribution in [0.25, 0.3) is 88.0 Å². The summed E-state index contributed by atoms with van der Waals surface area (Å²) in [6.07, 6.45) is 0. The van der Waals surface area contributed by atoms with E-state index in [9.17, 15) is 0 Å². The van der Waals surface area contributed by atoms with Gasteiger partial charge in [-0.3, -0.25) is 0 Å². The fraction of sp³-hybridized carbons (Fsp3) is 0. The third-order valence-corrected chi connectivity index (χ3v) is 11.4. The molecule has 58 heavy (non-hydrogen) atoms. The van der Waals surface area contributed by atoms with Crippen LogP contribution in [-0.2, 0) is 0 Å². The molecule has 0 bridgehead atoms. The quantitative estimate of drug-likeness (QED) is 0.151. The molecule has 1 aromatic heterocycles. The van der Waals surface area contributed by atoms with E-state index in [0.29, 0.717) is 0 Å². The largest absolute Gasteiger partial charge is 0.456 e. The summed E-state index contributed by atoms with van der Waals surface area (Å²) in [7, 11) is 0. The first-order valence-electron chi connectivity index (χ1n) is 19.8. The number of hydrogen-bond acceptors (Lipinski definition) is 2. The van der Waals surface area contributed by atoms with Crippen molar-refractivity contribution in [1.82, 2.24) is 0 Å². The van der Waals surface area contributed by atoms with Crippen LogP contribution in [0.5, 0.6) is 0 Å². The second-order valence-electron chi connectivity index (χ2n) is 14.9. The highest BCUT2D eigenvalue weighted by Crippen LogP contribution is 2.46. The Morgan fingerprint density at radius 2 is 0.707 bits per heavy atom. The van der Waals surface area contributed by atoms with Crippen molar-refractivity contribution in [2.24, 2.45) is 0 Å². The van der Waals surface area contributed by atoms with Gasteiger partial charge >= 0.3 is 0 Å². The molecule has 0 radical (unpaired) electrons. The predicted octanol–water partition coefficient (Wildman–Crippen LogP) is 16.0. The molecule has 0 aliphatic rings. The van der Waals surface area contributed by atoms with Crippen molar-refractivity contribution in [3.05, 3.63) is 224 Å². The molecular formula is C56H37NO. The number of anilines is 3. The average Bonchev–Trinajstić information content (AvgIpc) is 3.68. The number of nitrogens with zero attached hydrogens (tertiary/aromatic N) is 1. The molecule has 0 fully saturated rings. The van der Waals surface area contributed by atoms with Crippen LogP contribution in [0.15, 0.2) is 229 Å². The van der Waals surface area contributed by atoms with E-state index in [1.165, 1.54) is 54.9 Å². The summed E-state index contributed by atoms with van der Waals surface area (Å²) >= 11 is 0. The Labute approximate surface area is 337 Å². The van der Waals surface area contributed by atoms with Gasteiger partial charge in [-0.25, -0.2) is 0 Å². The zero-order valence-electron chi connectivity index (χ0n) is 31.7. The van der Waals surface area contributed by atoms with E-state index in [-0.39, 0.29) is 0 Å². The van der Waals surface area contributed by atoms with Gasteiger partial charge in [0.25, 0.3) is 0 Å².